The van der Waals surface area contributed by atoms with E-state index in [1.807, 2.05) is 6.07 Å². The highest BCUT2D eigenvalue weighted by molar-refractivity contribution is 5.76. The van der Waals surface area contributed by atoms with Gasteiger partial charge in [-0.05, 0) is 25.0 Å². The molecule has 0 bridgehead atoms. The molecule has 0 amide bonds. The molecule has 10 nitrogen and oxygen atoms in total. The van der Waals surface area contributed by atoms with Crippen LogP contribution in [0.3, 0.4) is 0 Å². The van der Waals surface area contributed by atoms with E-state index in [0.717, 1.165) is 18.9 Å². The highest BCUT2D eigenvalue weighted by atomic mass is 19.3. The number of rotatable bonds is 8. The van der Waals surface area contributed by atoms with E-state index in [1.165, 1.54) is 16.8 Å². The quantitative estimate of drug-likeness (QED) is 0.313. The van der Waals surface area contributed by atoms with Gasteiger partial charge in [0.2, 0.25) is 5.95 Å². The molecule has 0 spiro atoms. The SMILES string of the molecule is N#Cc1cnc2c(NC3CC3)nc(Nc3cc(C(F)F)cc(N4CCN(CC(F)F)CC4)c3O)nn12. The Hall–Kier alpha value is -3.86. The van der Waals surface area contributed by atoms with Crippen LogP contribution in [-0.4, -0.2) is 74.8 Å². The molecular weight excluding hydrogens is 482 g/mol. The third kappa shape index (κ3) is 4.92. The summed E-state index contributed by atoms with van der Waals surface area (Å²) in [4.78, 5) is 11.9. The van der Waals surface area contributed by atoms with Crippen molar-refractivity contribution in [3.05, 3.63) is 29.6 Å². The molecule has 14 heteroatoms. The van der Waals surface area contributed by atoms with Crippen molar-refractivity contribution >= 4 is 28.8 Å². The minimum Gasteiger partial charge on any atom is -0.504 e. The second kappa shape index (κ2) is 9.65. The Kier molecular flexibility index (Phi) is 6.40. The summed E-state index contributed by atoms with van der Waals surface area (Å²) in [6.45, 7) is 0.813. The van der Waals surface area contributed by atoms with Crippen LogP contribution < -0.4 is 15.5 Å². The normalized spacial score (nSPS) is 16.6. The molecule has 3 aromatic rings. The maximum absolute atomic E-state index is 13.7. The standard InChI is InChI=1S/C22H23F4N9O/c23-17(24)11-33-3-5-34(6-4-33)16-8-12(19(25)26)7-15(18(16)36)30-22-31-20(29-13-1-2-13)21-28-10-14(9-27)35(21)32-22/h7-8,10,13,17,19,36H,1-6,11H2,(H2,29,30,31,32). The molecule has 1 saturated heterocycles. The van der Waals surface area contributed by atoms with Gasteiger partial charge in [-0.3, -0.25) is 4.90 Å². The van der Waals surface area contributed by atoms with Gasteiger partial charge in [0.1, 0.15) is 6.07 Å². The van der Waals surface area contributed by atoms with Gasteiger partial charge in [0, 0.05) is 37.8 Å². The number of fused-ring (bicyclic) bond motifs is 1. The number of hydrogen-bond acceptors (Lipinski definition) is 9. The lowest BCUT2D eigenvalue weighted by molar-refractivity contribution is 0.0853. The van der Waals surface area contributed by atoms with Gasteiger partial charge in [-0.15, -0.1) is 5.10 Å². The number of alkyl halides is 4. The summed E-state index contributed by atoms with van der Waals surface area (Å²) in [7, 11) is 0. The topological polar surface area (TPSA) is 118 Å². The van der Waals surface area contributed by atoms with E-state index in [9.17, 15) is 27.9 Å². The molecule has 1 aliphatic heterocycles. The smallest absolute Gasteiger partial charge is 0.264 e. The van der Waals surface area contributed by atoms with E-state index in [1.54, 1.807) is 9.80 Å². The Labute approximate surface area is 203 Å². The van der Waals surface area contributed by atoms with Crippen molar-refractivity contribution < 1.29 is 22.7 Å². The second-order valence-corrected chi connectivity index (χ2v) is 8.73. The summed E-state index contributed by atoms with van der Waals surface area (Å²) in [5.41, 5.74) is 0.273. The number of halogens is 4. The van der Waals surface area contributed by atoms with E-state index < -0.39 is 12.9 Å². The fraction of sp³-hybridized carbons (Fsp3) is 0.455. The van der Waals surface area contributed by atoms with Crippen LogP contribution in [0.5, 0.6) is 5.75 Å². The number of phenolic OH excluding ortho intramolecular Hbond substituents is 1. The molecule has 36 heavy (non-hydrogen) atoms. The first-order valence-electron chi connectivity index (χ1n) is 11.4. The molecule has 1 aliphatic carbocycles. The van der Waals surface area contributed by atoms with Crippen molar-refractivity contribution in [2.24, 2.45) is 0 Å². The lowest BCUT2D eigenvalue weighted by Crippen LogP contribution is -2.47. The number of nitrogens with zero attached hydrogens (tertiary/aromatic N) is 7. The first-order chi connectivity index (χ1) is 17.3. The molecule has 2 aliphatic rings. The fourth-order valence-corrected chi connectivity index (χ4v) is 4.12. The van der Waals surface area contributed by atoms with Gasteiger partial charge in [-0.25, -0.2) is 22.5 Å². The van der Waals surface area contributed by atoms with Crippen molar-refractivity contribution in [2.75, 3.05) is 48.3 Å². The molecule has 0 atom stereocenters. The molecular formula is C22H23F4N9O. The third-order valence-electron chi connectivity index (χ3n) is 6.11. The number of imidazole rings is 1. The van der Waals surface area contributed by atoms with Crippen LogP contribution in [0.2, 0.25) is 0 Å². The van der Waals surface area contributed by atoms with Gasteiger partial charge >= 0.3 is 0 Å². The summed E-state index contributed by atoms with van der Waals surface area (Å²) in [6.07, 6.45) is -2.02. The average molecular weight is 505 g/mol. The average Bonchev–Trinajstić information content (AvgIpc) is 3.56. The Balaban J connectivity index is 1.47. The highest BCUT2D eigenvalue weighted by Crippen LogP contribution is 2.40. The maximum Gasteiger partial charge on any atom is 0.264 e. The van der Waals surface area contributed by atoms with E-state index in [4.69, 9.17) is 0 Å². The van der Waals surface area contributed by atoms with Crippen LogP contribution in [-0.2, 0) is 0 Å². The molecule has 0 unspecified atom stereocenters. The van der Waals surface area contributed by atoms with Gasteiger partial charge in [0.05, 0.1) is 24.1 Å². The number of aromatic nitrogens is 4. The number of hydrogen-bond donors (Lipinski definition) is 3. The van der Waals surface area contributed by atoms with E-state index in [0.29, 0.717) is 24.6 Å². The zero-order valence-electron chi connectivity index (χ0n) is 19.0. The number of phenols is 1. The van der Waals surface area contributed by atoms with E-state index in [2.05, 4.69) is 25.7 Å². The summed E-state index contributed by atoms with van der Waals surface area (Å²) in [5.74, 6) is 0.0409. The summed E-state index contributed by atoms with van der Waals surface area (Å²) >= 11 is 0. The fourth-order valence-electron chi connectivity index (χ4n) is 4.12. The van der Waals surface area contributed by atoms with Crippen molar-refractivity contribution in [1.82, 2.24) is 24.5 Å². The molecule has 5 rings (SSSR count). The molecule has 2 fully saturated rings. The Morgan fingerprint density at radius 1 is 1.14 bits per heavy atom. The summed E-state index contributed by atoms with van der Waals surface area (Å²) < 4.78 is 54.2. The molecule has 190 valence electrons. The van der Waals surface area contributed by atoms with Gasteiger partial charge in [-0.2, -0.15) is 14.8 Å². The van der Waals surface area contributed by atoms with Crippen molar-refractivity contribution in [3.63, 3.8) is 0 Å². The number of nitrogens with one attached hydrogen (secondary N) is 2. The number of aromatic hydroxyl groups is 1. The van der Waals surface area contributed by atoms with Crippen LogP contribution >= 0.6 is 0 Å². The largest absolute Gasteiger partial charge is 0.504 e. The second-order valence-electron chi connectivity index (χ2n) is 8.73. The zero-order chi connectivity index (χ0) is 25.4. The molecule has 3 N–H and O–H groups in total. The van der Waals surface area contributed by atoms with E-state index in [-0.39, 0.29) is 60.0 Å². The Bertz CT molecular complexity index is 1300. The Morgan fingerprint density at radius 2 is 1.89 bits per heavy atom. The molecule has 1 saturated carbocycles. The van der Waals surface area contributed by atoms with Crippen molar-refractivity contribution in [1.29, 1.82) is 5.26 Å². The van der Waals surface area contributed by atoms with E-state index >= 15 is 0 Å². The lowest BCUT2D eigenvalue weighted by Gasteiger charge is -2.36. The van der Waals surface area contributed by atoms with Crippen molar-refractivity contribution in [3.8, 4) is 11.8 Å². The molecule has 2 aromatic heterocycles. The zero-order valence-corrected chi connectivity index (χ0v) is 19.0. The number of piperazine rings is 1. The van der Waals surface area contributed by atoms with Gasteiger partial charge < -0.3 is 20.6 Å². The predicted octanol–water partition coefficient (Wildman–Crippen LogP) is 3.34. The number of anilines is 4. The van der Waals surface area contributed by atoms with Crippen LogP contribution in [0, 0.1) is 11.3 Å². The Morgan fingerprint density at radius 3 is 2.53 bits per heavy atom. The lowest BCUT2D eigenvalue weighted by atomic mass is 10.1. The summed E-state index contributed by atoms with van der Waals surface area (Å²) in [6, 6.07) is 4.51. The number of benzene rings is 1. The summed E-state index contributed by atoms with van der Waals surface area (Å²) in [5, 5.41) is 30.7. The van der Waals surface area contributed by atoms with Crippen LogP contribution in [0.1, 0.15) is 30.5 Å². The minimum atomic E-state index is -2.82. The number of nitriles is 1. The van der Waals surface area contributed by atoms with Gasteiger partial charge in [0.25, 0.3) is 12.9 Å². The minimum absolute atomic E-state index is 0.0328. The molecule has 0 radical (unpaired) electrons. The molecule has 3 heterocycles. The van der Waals surface area contributed by atoms with Crippen LogP contribution in [0.4, 0.5) is 40.7 Å². The predicted molar refractivity (Wildman–Crippen MR) is 123 cm³/mol. The molecule has 1 aromatic carbocycles. The van der Waals surface area contributed by atoms with Crippen LogP contribution in [0.15, 0.2) is 18.3 Å². The monoisotopic (exact) mass is 505 g/mol. The van der Waals surface area contributed by atoms with Crippen LogP contribution in [0.25, 0.3) is 5.65 Å². The first-order valence-corrected chi connectivity index (χ1v) is 11.4. The maximum atomic E-state index is 13.7. The first kappa shape index (κ1) is 23.9. The van der Waals surface area contributed by atoms with Gasteiger partial charge in [0.15, 0.2) is 22.9 Å². The van der Waals surface area contributed by atoms with Crippen molar-refractivity contribution in [2.45, 2.75) is 31.7 Å². The third-order valence-corrected chi connectivity index (χ3v) is 6.11. The van der Waals surface area contributed by atoms with Gasteiger partial charge in [-0.1, -0.05) is 0 Å². The highest BCUT2D eigenvalue weighted by Gasteiger charge is 2.26.